The highest BCUT2D eigenvalue weighted by Gasteiger charge is 2.18. The van der Waals surface area contributed by atoms with Crippen LogP contribution < -0.4 is 0 Å². The van der Waals surface area contributed by atoms with Crippen molar-refractivity contribution in [1.29, 1.82) is 0 Å². The van der Waals surface area contributed by atoms with Crippen molar-refractivity contribution in [2.24, 2.45) is 0 Å². The van der Waals surface area contributed by atoms with E-state index in [1.807, 2.05) is 0 Å². The van der Waals surface area contributed by atoms with Gasteiger partial charge in [-0.15, -0.1) is 0 Å². The van der Waals surface area contributed by atoms with E-state index in [-0.39, 0.29) is 0 Å². The molecule has 0 spiro atoms. The first-order valence-corrected chi connectivity index (χ1v) is 2.76. The molecule has 1 N–H and O–H groups in total. The molecule has 0 saturated heterocycles. The molecule has 50 valence electrons. The fourth-order valence-corrected chi connectivity index (χ4v) is 0.690. The normalized spacial score (nSPS) is 34.3. The average Bonchev–Trinajstić information content (AvgIpc) is 1.89. The third-order valence-corrected chi connectivity index (χ3v) is 1.19. The molecule has 0 aromatic rings. The van der Waals surface area contributed by atoms with E-state index in [9.17, 15) is 4.79 Å². The highest BCUT2D eigenvalue weighted by Crippen LogP contribution is 2.03. The van der Waals surface area contributed by atoms with E-state index < -0.39 is 12.2 Å². The Morgan fingerprint density at radius 2 is 2.56 bits per heavy atom. The molecule has 0 bridgehead atoms. The molecule has 1 heterocycles. The molecule has 0 amide bonds. The molecule has 0 saturated carbocycles. The predicted molar refractivity (Wildman–Crippen MR) is 31.0 cm³/mol. The Hall–Kier alpha value is -0.670. The van der Waals surface area contributed by atoms with Gasteiger partial charge in [0.25, 0.3) is 0 Å². The van der Waals surface area contributed by atoms with Gasteiger partial charge in [0.2, 0.25) is 0 Å². The smallest absolute Gasteiger partial charge is 0.151 e. The molecule has 1 aliphatic heterocycles. The topological polar surface area (TPSA) is 46.5 Å². The second-order valence-corrected chi connectivity index (χ2v) is 1.85. The SMILES string of the molecule is O=C[C@H]1OCC=C[C@@H]1O. The number of ether oxygens (including phenoxy) is 1. The zero-order valence-corrected chi connectivity index (χ0v) is 4.86. The quantitative estimate of drug-likeness (QED) is 0.382. The van der Waals surface area contributed by atoms with Crippen LogP contribution in [-0.2, 0) is 9.53 Å². The van der Waals surface area contributed by atoms with Crippen molar-refractivity contribution < 1.29 is 14.6 Å². The number of aliphatic hydroxyl groups is 1. The van der Waals surface area contributed by atoms with E-state index in [2.05, 4.69) is 0 Å². The highest BCUT2D eigenvalue weighted by atomic mass is 16.5. The van der Waals surface area contributed by atoms with Gasteiger partial charge in [-0.1, -0.05) is 12.2 Å². The van der Waals surface area contributed by atoms with Crippen molar-refractivity contribution in [1.82, 2.24) is 0 Å². The molecule has 9 heavy (non-hydrogen) atoms. The first kappa shape index (κ1) is 6.45. The third kappa shape index (κ3) is 1.37. The summed E-state index contributed by atoms with van der Waals surface area (Å²) in [4.78, 5) is 10.1. The molecule has 1 rings (SSSR count). The van der Waals surface area contributed by atoms with Gasteiger partial charge < -0.3 is 14.6 Å². The molecule has 0 unspecified atom stereocenters. The first-order valence-electron chi connectivity index (χ1n) is 2.76. The standard InChI is InChI=1S/C6H8O3/c7-4-6-5(8)2-1-3-9-6/h1-2,4-6,8H,3H2/t5-,6+/m0/s1. The van der Waals surface area contributed by atoms with E-state index >= 15 is 0 Å². The van der Waals surface area contributed by atoms with Crippen LogP contribution in [0.2, 0.25) is 0 Å². The minimum atomic E-state index is -0.753. The monoisotopic (exact) mass is 128 g/mol. The molecule has 0 fully saturated rings. The summed E-state index contributed by atoms with van der Waals surface area (Å²) in [6.07, 6.45) is 2.44. The van der Waals surface area contributed by atoms with E-state index in [0.29, 0.717) is 12.9 Å². The fraction of sp³-hybridized carbons (Fsp3) is 0.500. The zero-order chi connectivity index (χ0) is 6.69. The molecule has 2 atom stereocenters. The predicted octanol–water partition coefficient (Wildman–Crippen LogP) is -0.499. The van der Waals surface area contributed by atoms with Crippen molar-refractivity contribution in [3.05, 3.63) is 12.2 Å². The number of rotatable bonds is 1. The maximum absolute atomic E-state index is 10.1. The Bertz CT molecular complexity index is 130. The maximum atomic E-state index is 10.1. The van der Waals surface area contributed by atoms with E-state index in [1.54, 1.807) is 12.2 Å². The number of aldehydes is 1. The summed E-state index contributed by atoms with van der Waals surface area (Å²) >= 11 is 0. The summed E-state index contributed by atoms with van der Waals surface area (Å²) in [5.74, 6) is 0. The molecule has 3 nitrogen and oxygen atoms in total. The average molecular weight is 128 g/mol. The molecule has 0 aromatic heterocycles. The zero-order valence-electron chi connectivity index (χ0n) is 4.86. The minimum Gasteiger partial charge on any atom is -0.386 e. The van der Waals surface area contributed by atoms with Gasteiger partial charge in [-0.2, -0.15) is 0 Å². The van der Waals surface area contributed by atoms with Crippen molar-refractivity contribution in [3.63, 3.8) is 0 Å². The maximum Gasteiger partial charge on any atom is 0.151 e. The van der Waals surface area contributed by atoms with E-state index in [4.69, 9.17) is 9.84 Å². The summed E-state index contributed by atoms with van der Waals surface area (Å²) in [6.45, 7) is 0.417. The minimum absolute atomic E-state index is 0.417. The Balaban J connectivity index is 2.54. The third-order valence-electron chi connectivity index (χ3n) is 1.19. The van der Waals surface area contributed by atoms with Crippen LogP contribution in [0.25, 0.3) is 0 Å². The molecular formula is C6H8O3. The van der Waals surface area contributed by atoms with Gasteiger partial charge in [0.15, 0.2) is 6.29 Å². The van der Waals surface area contributed by atoms with E-state index in [1.165, 1.54) is 0 Å². The highest BCUT2D eigenvalue weighted by molar-refractivity contribution is 5.58. The summed E-state index contributed by atoms with van der Waals surface area (Å²) < 4.78 is 4.83. The first-order chi connectivity index (χ1) is 4.34. The van der Waals surface area contributed by atoms with Gasteiger partial charge in [0, 0.05) is 0 Å². The molecule has 0 aromatic carbocycles. The Kier molecular flexibility index (Phi) is 1.97. The molecule has 0 radical (unpaired) electrons. The van der Waals surface area contributed by atoms with Crippen molar-refractivity contribution in [2.75, 3.05) is 6.61 Å². The second kappa shape index (κ2) is 2.75. The fourth-order valence-electron chi connectivity index (χ4n) is 0.690. The summed E-state index contributed by atoms with van der Waals surface area (Å²) in [6, 6.07) is 0. The van der Waals surface area contributed by atoms with Gasteiger partial charge in [-0.3, -0.25) is 0 Å². The molecule has 3 heteroatoms. The Morgan fingerprint density at radius 3 is 3.00 bits per heavy atom. The van der Waals surface area contributed by atoms with Gasteiger partial charge in [0.1, 0.15) is 12.2 Å². The van der Waals surface area contributed by atoms with Crippen LogP contribution in [-0.4, -0.2) is 30.2 Å². The number of carbonyl (C=O) groups excluding carboxylic acids is 1. The van der Waals surface area contributed by atoms with Crippen molar-refractivity contribution in [2.45, 2.75) is 12.2 Å². The summed E-state index contributed by atoms with van der Waals surface area (Å²) in [5, 5.41) is 8.93. The molecular weight excluding hydrogens is 120 g/mol. The van der Waals surface area contributed by atoms with Crippen LogP contribution >= 0.6 is 0 Å². The van der Waals surface area contributed by atoms with E-state index in [0.717, 1.165) is 0 Å². The lowest BCUT2D eigenvalue weighted by molar-refractivity contribution is -0.123. The van der Waals surface area contributed by atoms with Gasteiger partial charge >= 0.3 is 0 Å². The van der Waals surface area contributed by atoms with Crippen molar-refractivity contribution in [3.8, 4) is 0 Å². The lowest BCUT2D eigenvalue weighted by Crippen LogP contribution is -2.31. The molecule has 1 aliphatic rings. The van der Waals surface area contributed by atoms with Crippen LogP contribution in [0.15, 0.2) is 12.2 Å². The Labute approximate surface area is 52.9 Å². The van der Waals surface area contributed by atoms with Gasteiger partial charge in [-0.05, 0) is 0 Å². The largest absolute Gasteiger partial charge is 0.386 e. The van der Waals surface area contributed by atoms with Crippen molar-refractivity contribution >= 4 is 6.29 Å². The van der Waals surface area contributed by atoms with Crippen LogP contribution in [0.3, 0.4) is 0 Å². The second-order valence-electron chi connectivity index (χ2n) is 1.85. The number of hydrogen-bond donors (Lipinski definition) is 1. The van der Waals surface area contributed by atoms with Gasteiger partial charge in [0.05, 0.1) is 6.61 Å². The lowest BCUT2D eigenvalue weighted by atomic mass is 10.2. The number of aliphatic hydroxyl groups excluding tert-OH is 1. The number of carbonyl (C=O) groups is 1. The molecule has 0 aliphatic carbocycles. The number of hydrogen-bond acceptors (Lipinski definition) is 3. The summed E-state index contributed by atoms with van der Waals surface area (Å²) in [7, 11) is 0. The summed E-state index contributed by atoms with van der Waals surface area (Å²) in [5.41, 5.74) is 0. The van der Waals surface area contributed by atoms with Crippen LogP contribution in [0.1, 0.15) is 0 Å². The van der Waals surface area contributed by atoms with Crippen LogP contribution in [0, 0.1) is 0 Å². The lowest BCUT2D eigenvalue weighted by Gasteiger charge is -2.17. The van der Waals surface area contributed by atoms with Gasteiger partial charge in [-0.25, -0.2) is 0 Å². The van der Waals surface area contributed by atoms with Crippen LogP contribution in [0.4, 0.5) is 0 Å². The van der Waals surface area contributed by atoms with Crippen LogP contribution in [0.5, 0.6) is 0 Å². The Morgan fingerprint density at radius 1 is 1.78 bits per heavy atom.